The van der Waals surface area contributed by atoms with Gasteiger partial charge in [-0.05, 0) is 30.2 Å². The number of hydrogen-bond donors (Lipinski definition) is 1. The van der Waals surface area contributed by atoms with E-state index in [-0.39, 0.29) is 5.57 Å². The molecule has 2 aromatic rings. The molecule has 0 saturated heterocycles. The predicted octanol–water partition coefficient (Wildman–Crippen LogP) is 3.56. The van der Waals surface area contributed by atoms with E-state index in [1.807, 2.05) is 13.0 Å². The van der Waals surface area contributed by atoms with E-state index < -0.39 is 40.9 Å². The molecule has 1 aliphatic carbocycles. The van der Waals surface area contributed by atoms with E-state index in [0.29, 0.717) is 16.7 Å². The monoisotopic (exact) mass is 455 g/mol. The van der Waals surface area contributed by atoms with Gasteiger partial charge in [0, 0.05) is 5.92 Å². The Morgan fingerprint density at radius 1 is 0.912 bits per heavy atom. The van der Waals surface area contributed by atoms with Crippen molar-refractivity contribution in [1.82, 2.24) is 0 Å². The molecule has 170 valence electrons. The van der Waals surface area contributed by atoms with Gasteiger partial charge in [-0.25, -0.2) is 4.79 Å². The maximum atomic E-state index is 12.9. The number of aliphatic hydroxyl groups is 1. The molecular formula is C26H21N3O5. The number of benzene rings is 2. The summed E-state index contributed by atoms with van der Waals surface area (Å²) in [6.45, 7) is 1.86. The van der Waals surface area contributed by atoms with Crippen LogP contribution in [0.2, 0.25) is 0 Å². The first-order chi connectivity index (χ1) is 16.3. The summed E-state index contributed by atoms with van der Waals surface area (Å²) in [5, 5.41) is 41.4. The summed E-state index contributed by atoms with van der Waals surface area (Å²) in [6.07, 6.45) is 0. The van der Waals surface area contributed by atoms with E-state index in [1.54, 1.807) is 24.3 Å². The second-order valence-electron chi connectivity index (χ2n) is 7.94. The molecule has 0 heterocycles. The maximum Gasteiger partial charge on any atom is 0.337 e. The van der Waals surface area contributed by atoms with Gasteiger partial charge in [0.1, 0.15) is 11.7 Å². The predicted molar refractivity (Wildman–Crippen MR) is 119 cm³/mol. The maximum absolute atomic E-state index is 12.9. The van der Waals surface area contributed by atoms with Crippen LogP contribution < -0.4 is 0 Å². The lowest BCUT2D eigenvalue weighted by Crippen LogP contribution is -2.47. The Balaban J connectivity index is 2.46. The van der Waals surface area contributed by atoms with Crippen molar-refractivity contribution in [3.8, 4) is 18.2 Å². The standard InChI is InChI=1S/C26H21N3O5/c1-15-4-8-17(9-5-15)21-19(24(31)33-2)23(30)20(25(32)34-3)22(26(21,13-28)14-29)18-10-6-16(12-27)7-11-18/h4-11,20-22,30H,1-3H3/t20-,21+,22+/m1/s1. The highest BCUT2D eigenvalue weighted by Crippen LogP contribution is 2.58. The molecule has 8 heteroatoms. The molecule has 1 aliphatic rings. The van der Waals surface area contributed by atoms with Crippen molar-refractivity contribution in [2.75, 3.05) is 14.2 Å². The van der Waals surface area contributed by atoms with Crippen molar-refractivity contribution in [2.45, 2.75) is 18.8 Å². The quantitative estimate of drug-likeness (QED) is 0.689. The average molecular weight is 455 g/mol. The van der Waals surface area contributed by atoms with Gasteiger partial charge in [0.15, 0.2) is 5.41 Å². The number of nitrogens with zero attached hydrogens (tertiary/aromatic N) is 3. The molecule has 0 bridgehead atoms. The Labute approximate surface area is 196 Å². The van der Waals surface area contributed by atoms with Gasteiger partial charge in [-0.2, -0.15) is 15.8 Å². The number of esters is 2. The largest absolute Gasteiger partial charge is 0.511 e. The summed E-state index contributed by atoms with van der Waals surface area (Å²) >= 11 is 0. The lowest BCUT2D eigenvalue weighted by Gasteiger charge is -2.44. The zero-order valence-corrected chi connectivity index (χ0v) is 18.8. The number of carbonyl (C=O) groups is 2. The third-order valence-electron chi connectivity index (χ3n) is 6.18. The second kappa shape index (κ2) is 9.48. The minimum Gasteiger partial charge on any atom is -0.511 e. The fourth-order valence-corrected chi connectivity index (χ4v) is 4.55. The summed E-state index contributed by atoms with van der Waals surface area (Å²) < 4.78 is 9.79. The molecule has 34 heavy (non-hydrogen) atoms. The van der Waals surface area contributed by atoms with Crippen molar-refractivity contribution in [3.05, 3.63) is 82.1 Å². The van der Waals surface area contributed by atoms with Crippen LogP contribution in [-0.2, 0) is 19.1 Å². The topological polar surface area (TPSA) is 144 Å². The third-order valence-corrected chi connectivity index (χ3v) is 6.18. The van der Waals surface area contributed by atoms with E-state index in [9.17, 15) is 25.2 Å². The molecule has 0 amide bonds. The van der Waals surface area contributed by atoms with Gasteiger partial charge in [-0.15, -0.1) is 0 Å². The molecule has 3 rings (SSSR count). The van der Waals surface area contributed by atoms with Crippen LogP contribution in [0, 0.1) is 52.2 Å². The fourth-order valence-electron chi connectivity index (χ4n) is 4.55. The van der Waals surface area contributed by atoms with Gasteiger partial charge in [-0.3, -0.25) is 4.79 Å². The molecule has 0 spiro atoms. The van der Waals surface area contributed by atoms with Crippen molar-refractivity contribution < 1.29 is 24.2 Å². The Kier molecular flexibility index (Phi) is 6.71. The Morgan fingerprint density at radius 2 is 1.47 bits per heavy atom. The van der Waals surface area contributed by atoms with Crippen LogP contribution in [0.25, 0.3) is 0 Å². The first-order valence-corrected chi connectivity index (χ1v) is 10.3. The molecule has 0 radical (unpaired) electrons. The van der Waals surface area contributed by atoms with Gasteiger partial charge < -0.3 is 14.6 Å². The van der Waals surface area contributed by atoms with E-state index in [2.05, 4.69) is 12.1 Å². The molecular weight excluding hydrogens is 434 g/mol. The van der Waals surface area contributed by atoms with Gasteiger partial charge in [0.05, 0.1) is 49.5 Å². The van der Waals surface area contributed by atoms with Crippen LogP contribution in [0.5, 0.6) is 0 Å². The van der Waals surface area contributed by atoms with E-state index in [0.717, 1.165) is 19.8 Å². The molecule has 0 aromatic heterocycles. The lowest BCUT2D eigenvalue weighted by atomic mass is 9.54. The Morgan fingerprint density at radius 3 is 1.94 bits per heavy atom. The van der Waals surface area contributed by atoms with Crippen molar-refractivity contribution >= 4 is 11.9 Å². The second-order valence-corrected chi connectivity index (χ2v) is 7.94. The van der Waals surface area contributed by atoms with Crippen LogP contribution >= 0.6 is 0 Å². The highest BCUT2D eigenvalue weighted by Gasteiger charge is 2.61. The number of hydrogen-bond acceptors (Lipinski definition) is 8. The summed E-state index contributed by atoms with van der Waals surface area (Å²) in [7, 11) is 2.21. The van der Waals surface area contributed by atoms with Gasteiger partial charge >= 0.3 is 11.9 Å². The number of aryl methyl sites for hydroxylation is 1. The average Bonchev–Trinajstić information content (AvgIpc) is 2.87. The van der Waals surface area contributed by atoms with Crippen LogP contribution in [-0.4, -0.2) is 31.3 Å². The van der Waals surface area contributed by atoms with Crippen LogP contribution in [0.3, 0.4) is 0 Å². The lowest BCUT2D eigenvalue weighted by molar-refractivity contribution is -0.147. The summed E-state index contributed by atoms with van der Waals surface area (Å²) in [4.78, 5) is 25.8. The minimum absolute atomic E-state index is 0.332. The first-order valence-electron chi connectivity index (χ1n) is 10.3. The molecule has 8 nitrogen and oxygen atoms in total. The number of aliphatic hydroxyl groups excluding tert-OH is 1. The normalized spacial score (nSPS) is 20.9. The Hall–Kier alpha value is -4.61. The highest BCUT2D eigenvalue weighted by atomic mass is 16.5. The number of rotatable bonds is 4. The van der Waals surface area contributed by atoms with E-state index >= 15 is 0 Å². The van der Waals surface area contributed by atoms with Crippen LogP contribution in [0.15, 0.2) is 59.9 Å². The molecule has 1 N–H and O–H groups in total. The zero-order valence-electron chi connectivity index (χ0n) is 18.8. The molecule has 3 atom stereocenters. The van der Waals surface area contributed by atoms with Crippen LogP contribution in [0.1, 0.15) is 34.1 Å². The zero-order chi connectivity index (χ0) is 25.0. The molecule has 0 fully saturated rings. The van der Waals surface area contributed by atoms with E-state index in [4.69, 9.17) is 14.7 Å². The van der Waals surface area contributed by atoms with Gasteiger partial charge in [-0.1, -0.05) is 42.0 Å². The van der Waals surface area contributed by atoms with Crippen LogP contribution in [0.4, 0.5) is 0 Å². The highest BCUT2D eigenvalue weighted by molar-refractivity contribution is 5.94. The molecule has 0 aliphatic heterocycles. The number of nitriles is 3. The minimum atomic E-state index is -2.02. The molecule has 0 saturated carbocycles. The number of methoxy groups -OCH3 is 2. The molecule has 0 unspecified atom stereocenters. The number of carbonyl (C=O) groups excluding carboxylic acids is 2. The Bertz CT molecular complexity index is 1260. The van der Waals surface area contributed by atoms with Crippen molar-refractivity contribution in [3.63, 3.8) is 0 Å². The smallest absolute Gasteiger partial charge is 0.337 e. The first kappa shape index (κ1) is 24.0. The summed E-state index contributed by atoms with van der Waals surface area (Å²) in [6, 6.07) is 18.9. The van der Waals surface area contributed by atoms with E-state index in [1.165, 1.54) is 24.3 Å². The summed E-state index contributed by atoms with van der Waals surface area (Å²) in [5.41, 5.74) is -0.359. The third kappa shape index (κ3) is 3.74. The molecule has 2 aromatic carbocycles. The SMILES string of the molecule is COC(=O)C1=C(O)[C@H](C(=O)OC)[C@H](c2ccc(C#N)cc2)C(C#N)(C#N)[C@H]1c1ccc(C)cc1. The van der Waals surface area contributed by atoms with Crippen molar-refractivity contribution in [1.29, 1.82) is 15.8 Å². The van der Waals surface area contributed by atoms with Crippen molar-refractivity contribution in [2.24, 2.45) is 11.3 Å². The summed E-state index contributed by atoms with van der Waals surface area (Å²) in [5.74, 6) is -6.51. The van der Waals surface area contributed by atoms with Gasteiger partial charge in [0.25, 0.3) is 0 Å². The fraction of sp³-hybridized carbons (Fsp3) is 0.269. The number of ether oxygens (including phenoxy) is 2. The van der Waals surface area contributed by atoms with Gasteiger partial charge in [0.2, 0.25) is 0 Å².